The zero-order chi connectivity index (χ0) is 14.2. The normalized spacial score (nSPS) is 16.1. The topological polar surface area (TPSA) is 39.7 Å². The summed E-state index contributed by atoms with van der Waals surface area (Å²) in [6.07, 6.45) is 4.76. The predicted octanol–water partition coefficient (Wildman–Crippen LogP) is 2.41. The standard InChI is InChI=1S/C16H25NO3/c1-18-15-6-5-13(12-16(15)19-2)4-3-11-20-14-7-9-17-10-8-14/h5-6,12,14,17H,3-4,7-11H2,1-2H3. The molecule has 1 fully saturated rings. The van der Waals surface area contributed by atoms with Gasteiger partial charge in [-0.15, -0.1) is 0 Å². The highest BCUT2D eigenvalue weighted by Gasteiger charge is 2.12. The van der Waals surface area contributed by atoms with Gasteiger partial charge < -0.3 is 19.5 Å². The maximum absolute atomic E-state index is 5.91. The van der Waals surface area contributed by atoms with Gasteiger partial charge in [0, 0.05) is 6.61 Å². The third-order valence-corrected chi connectivity index (χ3v) is 3.70. The lowest BCUT2D eigenvalue weighted by atomic mass is 10.1. The summed E-state index contributed by atoms with van der Waals surface area (Å²) in [7, 11) is 3.33. The average molecular weight is 279 g/mol. The van der Waals surface area contributed by atoms with Crippen LogP contribution in [0.2, 0.25) is 0 Å². The quantitative estimate of drug-likeness (QED) is 0.778. The van der Waals surface area contributed by atoms with E-state index >= 15 is 0 Å². The van der Waals surface area contributed by atoms with Gasteiger partial charge in [-0.2, -0.15) is 0 Å². The molecular formula is C16H25NO3. The van der Waals surface area contributed by atoms with Gasteiger partial charge in [0.25, 0.3) is 0 Å². The first-order valence-electron chi connectivity index (χ1n) is 7.36. The van der Waals surface area contributed by atoms with Gasteiger partial charge in [0.15, 0.2) is 11.5 Å². The molecule has 0 amide bonds. The monoisotopic (exact) mass is 279 g/mol. The van der Waals surface area contributed by atoms with E-state index in [-0.39, 0.29) is 0 Å². The minimum atomic E-state index is 0.446. The Morgan fingerprint density at radius 3 is 2.55 bits per heavy atom. The Morgan fingerprint density at radius 1 is 1.10 bits per heavy atom. The zero-order valence-corrected chi connectivity index (χ0v) is 12.5. The van der Waals surface area contributed by atoms with Crippen molar-refractivity contribution in [3.8, 4) is 11.5 Å². The molecule has 1 aliphatic rings. The fourth-order valence-electron chi connectivity index (χ4n) is 2.52. The lowest BCUT2D eigenvalue weighted by molar-refractivity contribution is 0.0318. The van der Waals surface area contributed by atoms with Crippen molar-refractivity contribution in [2.75, 3.05) is 33.9 Å². The molecule has 0 aliphatic carbocycles. The van der Waals surface area contributed by atoms with Crippen LogP contribution in [-0.4, -0.2) is 40.0 Å². The summed E-state index contributed by atoms with van der Waals surface area (Å²) in [5.41, 5.74) is 1.26. The molecular weight excluding hydrogens is 254 g/mol. The summed E-state index contributed by atoms with van der Waals surface area (Å²) in [6.45, 7) is 3.00. The Balaban J connectivity index is 1.73. The minimum Gasteiger partial charge on any atom is -0.493 e. The molecule has 4 nitrogen and oxygen atoms in total. The number of piperidine rings is 1. The Bertz CT molecular complexity index is 403. The second kappa shape index (κ2) is 8.12. The number of benzene rings is 1. The summed E-state index contributed by atoms with van der Waals surface area (Å²) >= 11 is 0. The maximum atomic E-state index is 5.91. The van der Waals surface area contributed by atoms with E-state index in [2.05, 4.69) is 11.4 Å². The smallest absolute Gasteiger partial charge is 0.160 e. The first kappa shape index (κ1) is 15.1. The highest BCUT2D eigenvalue weighted by molar-refractivity contribution is 5.42. The van der Waals surface area contributed by atoms with Crippen LogP contribution in [0.3, 0.4) is 0 Å². The van der Waals surface area contributed by atoms with E-state index in [9.17, 15) is 0 Å². The fraction of sp³-hybridized carbons (Fsp3) is 0.625. The van der Waals surface area contributed by atoms with Gasteiger partial charge in [0.1, 0.15) is 0 Å². The van der Waals surface area contributed by atoms with Crippen molar-refractivity contribution in [2.24, 2.45) is 0 Å². The van der Waals surface area contributed by atoms with Crippen LogP contribution in [0.25, 0.3) is 0 Å². The summed E-state index contributed by atoms with van der Waals surface area (Å²) in [6, 6.07) is 6.09. The van der Waals surface area contributed by atoms with Gasteiger partial charge in [-0.05, 0) is 56.5 Å². The van der Waals surface area contributed by atoms with Crippen molar-refractivity contribution >= 4 is 0 Å². The van der Waals surface area contributed by atoms with Gasteiger partial charge in [-0.3, -0.25) is 0 Å². The van der Waals surface area contributed by atoms with Gasteiger partial charge in [-0.1, -0.05) is 6.07 Å². The van der Waals surface area contributed by atoms with Crippen LogP contribution in [0.15, 0.2) is 18.2 Å². The van der Waals surface area contributed by atoms with Crippen LogP contribution in [0.1, 0.15) is 24.8 Å². The molecule has 1 heterocycles. The Morgan fingerprint density at radius 2 is 1.85 bits per heavy atom. The summed E-state index contributed by atoms with van der Waals surface area (Å²) in [5.74, 6) is 1.58. The van der Waals surface area contributed by atoms with Crippen LogP contribution < -0.4 is 14.8 Å². The fourth-order valence-corrected chi connectivity index (χ4v) is 2.52. The number of rotatable bonds is 7. The van der Waals surface area contributed by atoms with E-state index in [4.69, 9.17) is 14.2 Å². The van der Waals surface area contributed by atoms with Gasteiger partial charge in [0.05, 0.1) is 20.3 Å². The van der Waals surface area contributed by atoms with Crippen LogP contribution in [0, 0.1) is 0 Å². The van der Waals surface area contributed by atoms with Crippen LogP contribution in [-0.2, 0) is 11.2 Å². The molecule has 0 spiro atoms. The first-order chi connectivity index (χ1) is 9.83. The SMILES string of the molecule is COc1ccc(CCCOC2CCNCC2)cc1OC. The van der Waals surface area contributed by atoms with Crippen LogP contribution in [0.5, 0.6) is 11.5 Å². The van der Waals surface area contributed by atoms with E-state index < -0.39 is 0 Å². The molecule has 0 atom stereocenters. The Labute approximate surface area is 121 Å². The van der Waals surface area contributed by atoms with Gasteiger partial charge in [0.2, 0.25) is 0 Å². The molecule has 4 heteroatoms. The summed E-state index contributed by atoms with van der Waals surface area (Å²) in [5, 5.41) is 3.35. The molecule has 0 saturated carbocycles. The molecule has 0 unspecified atom stereocenters. The van der Waals surface area contributed by atoms with Crippen molar-refractivity contribution in [3.05, 3.63) is 23.8 Å². The Hall–Kier alpha value is -1.26. The van der Waals surface area contributed by atoms with E-state index in [1.54, 1.807) is 14.2 Å². The van der Waals surface area contributed by atoms with E-state index in [1.165, 1.54) is 5.56 Å². The highest BCUT2D eigenvalue weighted by Crippen LogP contribution is 2.27. The largest absolute Gasteiger partial charge is 0.493 e. The molecule has 0 bridgehead atoms. The number of hydrogen-bond donors (Lipinski definition) is 1. The van der Waals surface area contributed by atoms with E-state index in [1.807, 2.05) is 12.1 Å². The summed E-state index contributed by atoms with van der Waals surface area (Å²) < 4.78 is 16.5. The van der Waals surface area contributed by atoms with Crippen LogP contribution >= 0.6 is 0 Å². The minimum absolute atomic E-state index is 0.446. The molecule has 2 rings (SSSR count). The average Bonchev–Trinajstić information content (AvgIpc) is 2.52. The van der Waals surface area contributed by atoms with Gasteiger partial charge >= 0.3 is 0 Å². The molecule has 112 valence electrons. The molecule has 0 aromatic heterocycles. The second-order valence-electron chi connectivity index (χ2n) is 5.11. The number of aryl methyl sites for hydroxylation is 1. The van der Waals surface area contributed by atoms with E-state index in [0.717, 1.165) is 56.9 Å². The number of hydrogen-bond acceptors (Lipinski definition) is 4. The van der Waals surface area contributed by atoms with E-state index in [0.29, 0.717) is 6.10 Å². The molecule has 1 saturated heterocycles. The van der Waals surface area contributed by atoms with Crippen molar-refractivity contribution < 1.29 is 14.2 Å². The van der Waals surface area contributed by atoms with Crippen LogP contribution in [0.4, 0.5) is 0 Å². The number of nitrogens with one attached hydrogen (secondary N) is 1. The maximum Gasteiger partial charge on any atom is 0.160 e. The van der Waals surface area contributed by atoms with Gasteiger partial charge in [-0.25, -0.2) is 0 Å². The number of methoxy groups -OCH3 is 2. The molecule has 1 aromatic carbocycles. The lowest BCUT2D eigenvalue weighted by Crippen LogP contribution is -2.32. The van der Waals surface area contributed by atoms with Crippen molar-refractivity contribution in [2.45, 2.75) is 31.8 Å². The predicted molar refractivity (Wildman–Crippen MR) is 79.7 cm³/mol. The molecule has 1 aromatic rings. The molecule has 0 radical (unpaired) electrons. The number of ether oxygens (including phenoxy) is 3. The third-order valence-electron chi connectivity index (χ3n) is 3.70. The second-order valence-corrected chi connectivity index (χ2v) is 5.11. The van der Waals surface area contributed by atoms with Crippen molar-refractivity contribution in [1.82, 2.24) is 5.32 Å². The first-order valence-corrected chi connectivity index (χ1v) is 7.36. The van der Waals surface area contributed by atoms with Crippen molar-refractivity contribution in [1.29, 1.82) is 0 Å². The Kier molecular flexibility index (Phi) is 6.15. The highest BCUT2D eigenvalue weighted by atomic mass is 16.5. The summed E-state index contributed by atoms with van der Waals surface area (Å²) in [4.78, 5) is 0. The molecule has 1 aliphatic heterocycles. The lowest BCUT2D eigenvalue weighted by Gasteiger charge is -2.22. The molecule has 20 heavy (non-hydrogen) atoms. The molecule has 1 N–H and O–H groups in total. The zero-order valence-electron chi connectivity index (χ0n) is 12.5. The van der Waals surface area contributed by atoms with Crippen molar-refractivity contribution in [3.63, 3.8) is 0 Å². The third kappa shape index (κ3) is 4.39.